The fourth-order valence-electron chi connectivity index (χ4n) is 3.33. The summed E-state index contributed by atoms with van der Waals surface area (Å²) in [5.74, 6) is -0.364. The van der Waals surface area contributed by atoms with Crippen molar-refractivity contribution in [1.29, 1.82) is 0 Å². The Morgan fingerprint density at radius 3 is 2.44 bits per heavy atom. The third kappa shape index (κ3) is 4.72. The van der Waals surface area contributed by atoms with Crippen molar-refractivity contribution in [1.82, 2.24) is 0 Å². The van der Waals surface area contributed by atoms with Gasteiger partial charge < -0.3 is 9.15 Å². The fraction of sp³-hybridized carbons (Fsp3) is 0.0909. The first-order valence-electron chi connectivity index (χ1n) is 9.74. The molecule has 0 bridgehead atoms. The van der Waals surface area contributed by atoms with Gasteiger partial charge in [0.2, 0.25) is 5.09 Å². The Hall–Kier alpha value is -3.90. The molecule has 0 fully saturated rings. The van der Waals surface area contributed by atoms with E-state index in [1.807, 2.05) is 0 Å². The van der Waals surface area contributed by atoms with Gasteiger partial charge in [0.15, 0.2) is 9.84 Å². The largest absolute Gasteiger partial charge is 0.497 e. The molecule has 10 nitrogen and oxygen atoms in total. The minimum atomic E-state index is -4.30. The number of hydrogen-bond acceptors (Lipinski definition) is 8. The summed E-state index contributed by atoms with van der Waals surface area (Å²) in [6.07, 6.45) is 0. The summed E-state index contributed by atoms with van der Waals surface area (Å²) in [5, 5.41) is 11.2. The van der Waals surface area contributed by atoms with Gasteiger partial charge in [-0.15, -0.1) is 0 Å². The number of rotatable bonds is 8. The van der Waals surface area contributed by atoms with E-state index >= 15 is 0 Å². The van der Waals surface area contributed by atoms with Crippen LogP contribution in [0.1, 0.15) is 5.56 Å². The Morgan fingerprint density at radius 2 is 1.74 bits per heavy atom. The van der Waals surface area contributed by atoms with Crippen LogP contribution in [0.5, 0.6) is 5.75 Å². The summed E-state index contributed by atoms with van der Waals surface area (Å²) in [4.78, 5) is 10.1. The average molecular weight is 503 g/mol. The number of nitro groups is 1. The molecule has 0 saturated carbocycles. The number of sulfonamides is 1. The highest BCUT2D eigenvalue weighted by Crippen LogP contribution is 2.32. The first-order chi connectivity index (χ1) is 16.1. The van der Waals surface area contributed by atoms with Gasteiger partial charge in [-0.3, -0.25) is 14.8 Å². The van der Waals surface area contributed by atoms with E-state index in [0.717, 1.165) is 6.07 Å². The summed E-state index contributed by atoms with van der Waals surface area (Å²) < 4.78 is 65.2. The van der Waals surface area contributed by atoms with E-state index in [2.05, 4.69) is 4.72 Å². The predicted octanol–water partition coefficient (Wildman–Crippen LogP) is 4.12. The van der Waals surface area contributed by atoms with E-state index in [0.29, 0.717) is 11.0 Å². The highest BCUT2D eigenvalue weighted by atomic mass is 32.2. The number of nitro benzene ring substituents is 1. The molecule has 1 heterocycles. The maximum Gasteiger partial charge on any atom is 0.295 e. The lowest BCUT2D eigenvalue weighted by Gasteiger charge is -2.14. The molecule has 3 aromatic carbocycles. The van der Waals surface area contributed by atoms with Crippen LogP contribution in [0, 0.1) is 10.1 Å². The molecule has 0 spiro atoms. The number of nitrogens with one attached hydrogen (secondary N) is 1. The van der Waals surface area contributed by atoms with E-state index in [4.69, 9.17) is 9.15 Å². The maximum absolute atomic E-state index is 13.2. The van der Waals surface area contributed by atoms with Crippen LogP contribution in [0.2, 0.25) is 0 Å². The molecule has 176 valence electrons. The minimum Gasteiger partial charge on any atom is -0.497 e. The van der Waals surface area contributed by atoms with Crippen LogP contribution in [-0.4, -0.2) is 28.9 Å². The van der Waals surface area contributed by atoms with Crippen molar-refractivity contribution >= 4 is 42.2 Å². The molecule has 12 heteroatoms. The number of furan rings is 1. The van der Waals surface area contributed by atoms with Gasteiger partial charge in [-0.25, -0.2) is 8.42 Å². The lowest BCUT2D eigenvalue weighted by Crippen LogP contribution is -2.16. The molecule has 0 aliphatic carbocycles. The van der Waals surface area contributed by atoms with Gasteiger partial charge >= 0.3 is 0 Å². The molecule has 0 saturated heterocycles. The SMILES string of the molecule is COc1ccc(S(=O)(=O)Cc2cccc([N+](=O)[O-])c2)c(NS(=O)(=O)c2cc3ccccc3o2)c1. The zero-order chi connectivity index (χ0) is 24.5. The Kier molecular flexibility index (Phi) is 6.02. The molecule has 34 heavy (non-hydrogen) atoms. The van der Waals surface area contributed by atoms with Crippen LogP contribution >= 0.6 is 0 Å². The number of ether oxygens (including phenoxy) is 1. The summed E-state index contributed by atoms with van der Waals surface area (Å²) >= 11 is 0. The maximum atomic E-state index is 13.2. The molecule has 1 aromatic heterocycles. The van der Waals surface area contributed by atoms with Crippen LogP contribution < -0.4 is 9.46 Å². The topological polar surface area (TPSA) is 146 Å². The van der Waals surface area contributed by atoms with Crippen molar-refractivity contribution in [3.8, 4) is 5.75 Å². The lowest BCUT2D eigenvalue weighted by atomic mass is 10.2. The number of para-hydroxylation sites is 1. The normalized spacial score (nSPS) is 11.9. The van der Waals surface area contributed by atoms with Gasteiger partial charge in [0.05, 0.1) is 28.4 Å². The second-order valence-electron chi connectivity index (χ2n) is 7.26. The lowest BCUT2D eigenvalue weighted by molar-refractivity contribution is -0.384. The number of non-ortho nitro benzene ring substituents is 1. The molecule has 4 aromatic rings. The molecule has 1 N–H and O–H groups in total. The van der Waals surface area contributed by atoms with Gasteiger partial charge in [0.25, 0.3) is 15.7 Å². The van der Waals surface area contributed by atoms with E-state index in [1.165, 1.54) is 49.6 Å². The summed E-state index contributed by atoms with van der Waals surface area (Å²) in [6, 6.07) is 17.1. The van der Waals surface area contributed by atoms with E-state index in [9.17, 15) is 26.9 Å². The second kappa shape index (κ2) is 8.80. The first-order valence-corrected chi connectivity index (χ1v) is 12.9. The predicted molar refractivity (Wildman–Crippen MR) is 124 cm³/mol. The summed E-state index contributed by atoms with van der Waals surface area (Å²) in [6.45, 7) is 0. The van der Waals surface area contributed by atoms with Gasteiger partial charge in [0, 0.05) is 29.7 Å². The van der Waals surface area contributed by atoms with Crippen LogP contribution in [0.25, 0.3) is 11.0 Å². The monoisotopic (exact) mass is 502 g/mol. The average Bonchev–Trinajstić information content (AvgIpc) is 3.24. The van der Waals surface area contributed by atoms with Crippen LogP contribution in [0.4, 0.5) is 11.4 Å². The molecule has 4 rings (SSSR count). The van der Waals surface area contributed by atoms with Gasteiger partial charge in [0.1, 0.15) is 11.3 Å². The molecule has 0 aliphatic heterocycles. The Labute approximate surface area is 194 Å². The van der Waals surface area contributed by atoms with Crippen molar-refractivity contribution < 1.29 is 30.9 Å². The van der Waals surface area contributed by atoms with Crippen LogP contribution in [0.3, 0.4) is 0 Å². The Balaban J connectivity index is 1.73. The quantitative estimate of drug-likeness (QED) is 0.280. The number of hydrogen-bond donors (Lipinski definition) is 1. The smallest absolute Gasteiger partial charge is 0.295 e. The number of fused-ring (bicyclic) bond motifs is 1. The van der Waals surface area contributed by atoms with Gasteiger partial charge in [-0.05, 0) is 23.8 Å². The van der Waals surface area contributed by atoms with Gasteiger partial charge in [-0.1, -0.05) is 30.3 Å². The van der Waals surface area contributed by atoms with Crippen LogP contribution in [-0.2, 0) is 25.6 Å². The van der Waals surface area contributed by atoms with Crippen molar-refractivity contribution in [2.24, 2.45) is 0 Å². The Morgan fingerprint density at radius 1 is 0.971 bits per heavy atom. The highest BCUT2D eigenvalue weighted by molar-refractivity contribution is 7.93. The van der Waals surface area contributed by atoms with Crippen molar-refractivity contribution in [2.45, 2.75) is 15.7 Å². The zero-order valence-electron chi connectivity index (χ0n) is 17.7. The van der Waals surface area contributed by atoms with E-state index in [-0.39, 0.29) is 27.6 Å². The Bertz CT molecular complexity index is 1580. The summed E-state index contributed by atoms with van der Waals surface area (Å²) in [5.41, 5.74) is 0.0293. The summed E-state index contributed by atoms with van der Waals surface area (Å²) in [7, 11) is -7.07. The van der Waals surface area contributed by atoms with Gasteiger partial charge in [-0.2, -0.15) is 8.42 Å². The fourth-order valence-corrected chi connectivity index (χ4v) is 5.93. The minimum absolute atomic E-state index is 0.177. The number of nitrogens with zero attached hydrogens (tertiary/aromatic N) is 1. The zero-order valence-corrected chi connectivity index (χ0v) is 19.3. The molecule has 0 radical (unpaired) electrons. The van der Waals surface area contributed by atoms with E-state index in [1.54, 1.807) is 24.3 Å². The number of methoxy groups -OCH3 is 1. The number of sulfone groups is 1. The highest BCUT2D eigenvalue weighted by Gasteiger charge is 2.26. The molecule has 0 unspecified atom stereocenters. The van der Waals surface area contributed by atoms with Crippen molar-refractivity contribution in [3.05, 3.63) is 88.5 Å². The first kappa shape index (κ1) is 23.3. The third-order valence-corrected chi connectivity index (χ3v) is 7.87. The molecule has 0 atom stereocenters. The standard InChI is InChI=1S/C22H18N2O8S2/c1-31-18-9-10-21(33(27,28)14-15-5-4-7-17(11-15)24(25)26)19(13-18)23-34(29,30)22-12-16-6-2-3-8-20(16)32-22/h2-13,23H,14H2,1H3. The second-order valence-corrected chi connectivity index (χ2v) is 10.8. The van der Waals surface area contributed by atoms with Crippen molar-refractivity contribution in [3.63, 3.8) is 0 Å². The number of benzene rings is 3. The third-order valence-electron chi connectivity index (χ3n) is 4.91. The molecule has 0 aliphatic rings. The molecular weight excluding hydrogens is 484 g/mol. The molecule has 0 amide bonds. The van der Waals surface area contributed by atoms with Crippen molar-refractivity contribution in [2.75, 3.05) is 11.8 Å². The van der Waals surface area contributed by atoms with E-state index < -0.39 is 35.6 Å². The number of anilines is 1. The van der Waals surface area contributed by atoms with Crippen LogP contribution in [0.15, 0.2) is 87.2 Å². The molecular formula is C22H18N2O8S2.